The fourth-order valence-corrected chi connectivity index (χ4v) is 1.04. The lowest BCUT2D eigenvalue weighted by atomic mass is 9.90. The van der Waals surface area contributed by atoms with Gasteiger partial charge in [-0.15, -0.1) is 0 Å². The maximum absolute atomic E-state index is 9.72. The first-order chi connectivity index (χ1) is 5.00. The second-order valence-corrected chi connectivity index (χ2v) is 4.17. The van der Waals surface area contributed by atoms with E-state index in [2.05, 4.69) is 8.53 Å². The summed E-state index contributed by atoms with van der Waals surface area (Å²) in [6.45, 7) is 6.44. The van der Waals surface area contributed by atoms with E-state index in [4.69, 9.17) is 4.52 Å². The molecule has 0 saturated carbocycles. The molecule has 0 heterocycles. The lowest BCUT2D eigenvalue weighted by Gasteiger charge is -2.26. The zero-order chi connectivity index (χ0) is 8.91. The minimum Gasteiger partial charge on any atom is -0.390 e. The van der Waals surface area contributed by atoms with Crippen molar-refractivity contribution in [2.24, 2.45) is 5.92 Å². The van der Waals surface area contributed by atoms with Gasteiger partial charge in [0, 0.05) is 6.42 Å². The van der Waals surface area contributed by atoms with Crippen LogP contribution >= 0.6 is 16.6 Å². The average molecular weight is 194 g/mol. The first-order valence-corrected chi connectivity index (χ1v) is 5.87. The molecule has 2 nitrogen and oxygen atoms in total. The highest BCUT2D eigenvalue weighted by Crippen LogP contribution is 2.21. The average Bonchev–Trinajstić information content (AvgIpc) is 1.88. The van der Waals surface area contributed by atoms with E-state index in [1.54, 1.807) is 0 Å². The lowest BCUT2D eigenvalue weighted by Crippen LogP contribution is -2.31. The maximum atomic E-state index is 9.72. The van der Waals surface area contributed by atoms with Crippen LogP contribution in [0.5, 0.6) is 0 Å². The molecule has 66 valence electrons. The molecule has 11 heavy (non-hydrogen) atoms. The van der Waals surface area contributed by atoms with Crippen molar-refractivity contribution < 1.29 is 9.63 Å². The Morgan fingerprint density at radius 1 is 1.64 bits per heavy atom. The van der Waals surface area contributed by atoms with Crippen LogP contribution in [0.15, 0.2) is 0 Å². The molecule has 0 aliphatic rings. The lowest BCUT2D eigenvalue weighted by molar-refractivity contribution is -0.00369. The van der Waals surface area contributed by atoms with Crippen molar-refractivity contribution >= 4 is 16.6 Å². The van der Waals surface area contributed by atoms with Gasteiger partial charge in [-0.3, -0.25) is 0 Å². The van der Waals surface area contributed by atoms with Crippen LogP contribution in [0.1, 0.15) is 27.2 Å². The summed E-state index contributed by atoms with van der Waals surface area (Å²) in [7, 11) is 3.91. The summed E-state index contributed by atoms with van der Waals surface area (Å²) < 4.78 is 5.05. The summed E-state index contributed by atoms with van der Waals surface area (Å²) in [5.74, 6) is 0.275. The third-order valence-electron chi connectivity index (χ3n) is 2.01. The Hall–Kier alpha value is 0.520. The Labute approximate surface area is 72.3 Å². The van der Waals surface area contributed by atoms with Crippen molar-refractivity contribution in [1.82, 2.24) is 0 Å². The highest BCUT2D eigenvalue weighted by atomic mass is 31.7. The molecule has 0 fully saturated rings. The van der Waals surface area contributed by atoms with Crippen LogP contribution in [0, 0.1) is 5.92 Å². The predicted octanol–water partition coefficient (Wildman–Crippen LogP) is 2.72. The van der Waals surface area contributed by atoms with E-state index in [0.29, 0.717) is 13.0 Å². The van der Waals surface area contributed by atoms with Crippen molar-refractivity contribution in [3.8, 4) is 0 Å². The van der Waals surface area contributed by atoms with E-state index in [-0.39, 0.29) is 5.92 Å². The third kappa shape index (κ3) is 4.87. The SMILES string of the molecule is CC(C)C(C)(O)CCOP=P. The van der Waals surface area contributed by atoms with Crippen molar-refractivity contribution in [2.45, 2.75) is 32.8 Å². The third-order valence-corrected chi connectivity index (χ3v) is 2.71. The topological polar surface area (TPSA) is 29.5 Å². The van der Waals surface area contributed by atoms with Gasteiger partial charge in [0.25, 0.3) is 0 Å². The summed E-state index contributed by atoms with van der Waals surface area (Å²) in [6, 6.07) is 0. The second-order valence-electron chi connectivity index (χ2n) is 3.19. The van der Waals surface area contributed by atoms with Gasteiger partial charge >= 0.3 is 0 Å². The predicted molar refractivity (Wildman–Crippen MR) is 51.3 cm³/mol. The number of aliphatic hydroxyl groups is 1. The fourth-order valence-electron chi connectivity index (χ4n) is 0.587. The Morgan fingerprint density at radius 3 is 2.55 bits per heavy atom. The molecule has 1 unspecified atom stereocenters. The highest BCUT2D eigenvalue weighted by Gasteiger charge is 2.23. The fraction of sp³-hybridized carbons (Fsp3) is 1.00. The summed E-state index contributed by atoms with van der Waals surface area (Å²) in [5.41, 5.74) is -0.600. The van der Waals surface area contributed by atoms with Gasteiger partial charge in [-0.2, -0.15) is 0 Å². The quantitative estimate of drug-likeness (QED) is 0.538. The van der Waals surface area contributed by atoms with Gasteiger partial charge in [0.05, 0.1) is 20.3 Å². The number of hydrogen-bond acceptors (Lipinski definition) is 2. The standard InChI is InChI=1S/C7H16O2P2/c1-6(2)7(3,8)4-5-9-11-10/h6,8,10H,4-5H2,1-3H3. The minimum absolute atomic E-state index is 0.275. The molecule has 0 aliphatic heterocycles. The van der Waals surface area contributed by atoms with Crippen LogP contribution in [-0.2, 0) is 4.52 Å². The van der Waals surface area contributed by atoms with Crippen LogP contribution in [0.2, 0.25) is 0 Å². The number of rotatable bonds is 5. The molecule has 0 aromatic carbocycles. The van der Waals surface area contributed by atoms with Gasteiger partial charge in [0.15, 0.2) is 0 Å². The second kappa shape index (κ2) is 5.22. The summed E-state index contributed by atoms with van der Waals surface area (Å²) in [4.78, 5) is 0. The molecule has 0 aliphatic carbocycles. The smallest absolute Gasteiger partial charge is 0.0798 e. The van der Waals surface area contributed by atoms with E-state index >= 15 is 0 Å². The van der Waals surface area contributed by atoms with Crippen LogP contribution in [0.25, 0.3) is 0 Å². The van der Waals surface area contributed by atoms with Crippen LogP contribution < -0.4 is 0 Å². The largest absolute Gasteiger partial charge is 0.390 e. The molecule has 0 aromatic heterocycles. The van der Waals surface area contributed by atoms with Crippen molar-refractivity contribution in [1.29, 1.82) is 0 Å². The molecule has 1 atom stereocenters. The van der Waals surface area contributed by atoms with E-state index in [1.165, 1.54) is 0 Å². The van der Waals surface area contributed by atoms with Crippen LogP contribution in [0.3, 0.4) is 0 Å². The Morgan fingerprint density at radius 2 is 2.18 bits per heavy atom. The molecular weight excluding hydrogens is 178 g/mol. The first kappa shape index (κ1) is 11.5. The number of hydrogen-bond donors (Lipinski definition) is 1. The van der Waals surface area contributed by atoms with Gasteiger partial charge < -0.3 is 9.63 Å². The molecular formula is C7H16O2P2. The molecule has 0 rings (SSSR count). The molecule has 0 bridgehead atoms. The highest BCUT2D eigenvalue weighted by molar-refractivity contribution is 7.71. The van der Waals surface area contributed by atoms with Gasteiger partial charge in [-0.1, -0.05) is 22.4 Å². The van der Waals surface area contributed by atoms with Gasteiger partial charge in [0.1, 0.15) is 0 Å². The van der Waals surface area contributed by atoms with E-state index in [1.807, 2.05) is 20.8 Å². The van der Waals surface area contributed by atoms with Gasteiger partial charge in [0.2, 0.25) is 0 Å². The summed E-state index contributed by atoms with van der Waals surface area (Å²) in [6.07, 6.45) is 0.683. The van der Waals surface area contributed by atoms with Gasteiger partial charge in [-0.05, 0) is 12.8 Å². The Kier molecular flexibility index (Phi) is 5.46. The van der Waals surface area contributed by atoms with E-state index in [9.17, 15) is 5.11 Å². The first-order valence-electron chi connectivity index (χ1n) is 3.72. The normalized spacial score (nSPS) is 17.2. The van der Waals surface area contributed by atoms with Crippen LogP contribution in [0.4, 0.5) is 0 Å². The van der Waals surface area contributed by atoms with Crippen molar-refractivity contribution in [3.05, 3.63) is 0 Å². The van der Waals surface area contributed by atoms with Crippen molar-refractivity contribution in [3.63, 3.8) is 0 Å². The summed E-state index contributed by atoms with van der Waals surface area (Å²) >= 11 is 0. The molecule has 0 aromatic rings. The summed E-state index contributed by atoms with van der Waals surface area (Å²) in [5, 5.41) is 9.72. The van der Waals surface area contributed by atoms with Gasteiger partial charge in [-0.25, -0.2) is 0 Å². The van der Waals surface area contributed by atoms with Crippen molar-refractivity contribution in [2.75, 3.05) is 6.61 Å². The van der Waals surface area contributed by atoms with Crippen LogP contribution in [-0.4, -0.2) is 17.3 Å². The molecule has 0 amide bonds. The Balaban J connectivity index is 3.63. The molecule has 0 radical (unpaired) electrons. The molecule has 0 saturated heterocycles. The zero-order valence-electron chi connectivity index (χ0n) is 7.29. The maximum Gasteiger partial charge on any atom is 0.0798 e. The Bertz CT molecular complexity index is 124. The van der Waals surface area contributed by atoms with E-state index < -0.39 is 5.60 Å². The monoisotopic (exact) mass is 194 g/mol. The molecule has 4 heteroatoms. The van der Waals surface area contributed by atoms with E-state index in [0.717, 1.165) is 8.09 Å². The molecule has 0 spiro atoms. The minimum atomic E-state index is -0.600. The molecule has 1 N–H and O–H groups in total. The zero-order valence-corrected chi connectivity index (χ0v) is 9.19.